The van der Waals surface area contributed by atoms with Crippen LogP contribution in [0.1, 0.15) is 34.1 Å². The molecule has 1 aliphatic heterocycles. The van der Waals surface area contributed by atoms with Crippen molar-refractivity contribution in [2.45, 2.75) is 39.7 Å². The highest BCUT2D eigenvalue weighted by molar-refractivity contribution is 9.09. The van der Waals surface area contributed by atoms with E-state index in [0.717, 1.165) is 11.2 Å². The lowest BCUT2D eigenvalue weighted by Gasteiger charge is -2.42. The molecule has 0 aromatic heterocycles. The number of halogens is 1. The van der Waals surface area contributed by atoms with Crippen molar-refractivity contribution in [3.8, 4) is 0 Å². The summed E-state index contributed by atoms with van der Waals surface area (Å²) in [6.07, 6.45) is 1.28. The molecule has 0 spiro atoms. The molecule has 0 aromatic carbocycles. The second-order valence-corrected chi connectivity index (χ2v) is 6.53. The molecule has 1 rings (SSSR count). The summed E-state index contributed by atoms with van der Waals surface area (Å²) in [5, 5.41) is 1.14. The van der Waals surface area contributed by atoms with E-state index in [1.807, 2.05) is 0 Å². The molecule has 1 saturated heterocycles. The molecule has 0 N–H and O–H groups in total. The van der Waals surface area contributed by atoms with Crippen molar-refractivity contribution < 1.29 is 0 Å². The van der Waals surface area contributed by atoms with Gasteiger partial charge in [-0.2, -0.15) is 0 Å². The summed E-state index contributed by atoms with van der Waals surface area (Å²) in [6.45, 7) is 15.4. The number of rotatable bonds is 4. The van der Waals surface area contributed by atoms with E-state index in [1.165, 1.54) is 39.1 Å². The van der Waals surface area contributed by atoms with Gasteiger partial charge in [-0.05, 0) is 26.7 Å². The molecule has 0 bridgehead atoms. The largest absolute Gasteiger partial charge is 0.300 e. The number of nitrogens with zero attached hydrogens (tertiary/aromatic N) is 2. The van der Waals surface area contributed by atoms with Gasteiger partial charge in [0.2, 0.25) is 0 Å². The van der Waals surface area contributed by atoms with E-state index >= 15 is 0 Å². The number of piperazine rings is 1. The summed E-state index contributed by atoms with van der Waals surface area (Å²) in [5.74, 6) is 0.821. The number of hydrogen-bond acceptors (Lipinski definition) is 2. The molecule has 1 atom stereocenters. The predicted octanol–water partition coefficient (Wildman–Crippen LogP) is 2.82. The minimum Gasteiger partial charge on any atom is -0.300 e. The minimum atomic E-state index is 0.339. The third-order valence-corrected chi connectivity index (χ3v) is 4.55. The first-order chi connectivity index (χ1) is 7.47. The van der Waals surface area contributed by atoms with Gasteiger partial charge in [0.25, 0.3) is 0 Å². The van der Waals surface area contributed by atoms with Crippen molar-refractivity contribution in [2.24, 2.45) is 5.92 Å². The van der Waals surface area contributed by atoms with E-state index in [1.54, 1.807) is 0 Å². The highest BCUT2D eigenvalue weighted by Crippen LogP contribution is 2.17. The van der Waals surface area contributed by atoms with Crippen molar-refractivity contribution in [3.05, 3.63) is 0 Å². The molecule has 1 fully saturated rings. The molecule has 16 heavy (non-hydrogen) atoms. The van der Waals surface area contributed by atoms with Crippen LogP contribution in [0.4, 0.5) is 0 Å². The zero-order valence-corrected chi connectivity index (χ0v) is 12.9. The normalized spacial score (nSPS) is 22.3. The molecular formula is C13H27BrN2. The second-order valence-electron chi connectivity index (χ2n) is 5.89. The molecule has 0 saturated carbocycles. The van der Waals surface area contributed by atoms with E-state index in [2.05, 4.69) is 53.4 Å². The Balaban J connectivity index is 2.32. The highest BCUT2D eigenvalue weighted by atomic mass is 79.9. The topological polar surface area (TPSA) is 6.48 Å². The Kier molecular flexibility index (Phi) is 5.75. The summed E-state index contributed by atoms with van der Waals surface area (Å²) in [5.41, 5.74) is 0.339. The van der Waals surface area contributed by atoms with Gasteiger partial charge in [-0.3, -0.25) is 4.90 Å². The first-order valence-corrected chi connectivity index (χ1v) is 7.63. The maximum absolute atomic E-state index is 3.61. The number of hydrogen-bond donors (Lipinski definition) is 0. The first kappa shape index (κ1) is 14.5. The van der Waals surface area contributed by atoms with E-state index in [9.17, 15) is 0 Å². The standard InChI is InChI=1S/C13H27BrN2/c1-5-12(10-14)11-15-6-8-16(9-7-15)13(2,3)4/h12H,5-11H2,1-4H3. The van der Waals surface area contributed by atoms with Gasteiger partial charge in [-0.1, -0.05) is 29.3 Å². The fraction of sp³-hybridized carbons (Fsp3) is 1.00. The van der Waals surface area contributed by atoms with Crippen LogP contribution in [-0.4, -0.2) is 53.4 Å². The van der Waals surface area contributed by atoms with Gasteiger partial charge in [-0.15, -0.1) is 0 Å². The molecule has 1 aliphatic rings. The van der Waals surface area contributed by atoms with E-state index in [0.29, 0.717) is 5.54 Å². The SMILES string of the molecule is CCC(CBr)CN1CCN(C(C)(C)C)CC1. The van der Waals surface area contributed by atoms with Crippen LogP contribution in [0.15, 0.2) is 0 Å². The summed E-state index contributed by atoms with van der Waals surface area (Å²) < 4.78 is 0. The van der Waals surface area contributed by atoms with Crippen LogP contribution >= 0.6 is 15.9 Å². The first-order valence-electron chi connectivity index (χ1n) is 6.50. The van der Waals surface area contributed by atoms with Crippen LogP contribution in [0.3, 0.4) is 0 Å². The van der Waals surface area contributed by atoms with Crippen molar-refractivity contribution in [2.75, 3.05) is 38.1 Å². The zero-order valence-electron chi connectivity index (χ0n) is 11.3. The molecule has 0 amide bonds. The third-order valence-electron chi connectivity index (χ3n) is 3.63. The molecule has 3 heteroatoms. The van der Waals surface area contributed by atoms with Gasteiger partial charge in [0.15, 0.2) is 0 Å². The molecule has 1 heterocycles. The Morgan fingerprint density at radius 3 is 2.06 bits per heavy atom. The van der Waals surface area contributed by atoms with Gasteiger partial charge in [0.1, 0.15) is 0 Å². The quantitative estimate of drug-likeness (QED) is 0.735. The Morgan fingerprint density at radius 2 is 1.69 bits per heavy atom. The van der Waals surface area contributed by atoms with Crippen LogP contribution < -0.4 is 0 Å². The van der Waals surface area contributed by atoms with Crippen molar-refractivity contribution >= 4 is 15.9 Å². The number of alkyl halides is 1. The van der Waals surface area contributed by atoms with Crippen LogP contribution in [-0.2, 0) is 0 Å². The molecule has 0 radical (unpaired) electrons. The zero-order chi connectivity index (χ0) is 12.2. The molecule has 2 nitrogen and oxygen atoms in total. The molecular weight excluding hydrogens is 264 g/mol. The summed E-state index contributed by atoms with van der Waals surface area (Å²) >= 11 is 3.61. The fourth-order valence-corrected chi connectivity index (χ4v) is 2.92. The lowest BCUT2D eigenvalue weighted by Crippen LogP contribution is -2.54. The fourth-order valence-electron chi connectivity index (χ4n) is 2.25. The predicted molar refractivity (Wildman–Crippen MR) is 75.3 cm³/mol. The van der Waals surface area contributed by atoms with E-state index in [-0.39, 0.29) is 0 Å². The smallest absolute Gasteiger partial charge is 0.0126 e. The maximum atomic E-state index is 3.61. The van der Waals surface area contributed by atoms with Crippen molar-refractivity contribution in [1.29, 1.82) is 0 Å². The highest BCUT2D eigenvalue weighted by Gasteiger charge is 2.26. The van der Waals surface area contributed by atoms with Crippen LogP contribution in [0.5, 0.6) is 0 Å². The van der Waals surface area contributed by atoms with Gasteiger partial charge < -0.3 is 4.90 Å². The molecule has 1 unspecified atom stereocenters. The average Bonchev–Trinajstić information content (AvgIpc) is 2.25. The second kappa shape index (κ2) is 6.36. The van der Waals surface area contributed by atoms with Crippen molar-refractivity contribution in [3.63, 3.8) is 0 Å². The van der Waals surface area contributed by atoms with Gasteiger partial charge in [0, 0.05) is 43.6 Å². The van der Waals surface area contributed by atoms with Gasteiger partial charge in [0.05, 0.1) is 0 Å². The van der Waals surface area contributed by atoms with Gasteiger partial charge in [-0.25, -0.2) is 0 Å². The Morgan fingerprint density at radius 1 is 1.12 bits per heavy atom. The Hall–Kier alpha value is 0.400. The third kappa shape index (κ3) is 4.34. The monoisotopic (exact) mass is 290 g/mol. The van der Waals surface area contributed by atoms with Crippen LogP contribution in [0, 0.1) is 5.92 Å². The molecule has 0 aromatic rings. The average molecular weight is 291 g/mol. The molecule has 0 aliphatic carbocycles. The Labute approximate surface area is 109 Å². The summed E-state index contributed by atoms with van der Waals surface area (Å²) in [7, 11) is 0. The maximum Gasteiger partial charge on any atom is 0.0126 e. The summed E-state index contributed by atoms with van der Waals surface area (Å²) in [6, 6.07) is 0. The Bertz CT molecular complexity index is 189. The van der Waals surface area contributed by atoms with E-state index < -0.39 is 0 Å². The van der Waals surface area contributed by atoms with Crippen LogP contribution in [0.2, 0.25) is 0 Å². The lowest BCUT2D eigenvalue weighted by atomic mass is 10.0. The van der Waals surface area contributed by atoms with E-state index in [4.69, 9.17) is 0 Å². The van der Waals surface area contributed by atoms with Gasteiger partial charge >= 0.3 is 0 Å². The van der Waals surface area contributed by atoms with Crippen molar-refractivity contribution in [1.82, 2.24) is 9.80 Å². The minimum absolute atomic E-state index is 0.339. The van der Waals surface area contributed by atoms with Crippen LogP contribution in [0.25, 0.3) is 0 Å². The molecule has 96 valence electrons. The lowest BCUT2D eigenvalue weighted by molar-refractivity contribution is 0.0565. The summed E-state index contributed by atoms with van der Waals surface area (Å²) in [4.78, 5) is 5.22.